The van der Waals surface area contributed by atoms with E-state index in [0.717, 1.165) is 37.8 Å². The second-order valence-electron chi connectivity index (χ2n) is 5.66. The van der Waals surface area contributed by atoms with Gasteiger partial charge in [-0.2, -0.15) is 13.2 Å². The van der Waals surface area contributed by atoms with E-state index in [1.165, 1.54) is 12.1 Å². The normalized spacial score (nSPS) is 19.7. The smallest absolute Gasteiger partial charge is 0.394 e. The fraction of sp³-hybridized carbons (Fsp3) is 0.600. The minimum absolute atomic E-state index is 0.00668. The summed E-state index contributed by atoms with van der Waals surface area (Å²) in [7, 11) is 0. The van der Waals surface area contributed by atoms with Gasteiger partial charge in [0.2, 0.25) is 0 Å². The van der Waals surface area contributed by atoms with E-state index in [4.69, 9.17) is 0 Å². The molecule has 0 radical (unpaired) electrons. The van der Waals surface area contributed by atoms with Crippen molar-refractivity contribution in [1.82, 2.24) is 5.32 Å². The lowest BCUT2D eigenvalue weighted by Gasteiger charge is -2.29. The third-order valence-electron chi connectivity index (χ3n) is 4.16. The quantitative estimate of drug-likeness (QED) is 0.784. The van der Waals surface area contributed by atoms with Gasteiger partial charge in [0.05, 0.1) is 18.3 Å². The van der Waals surface area contributed by atoms with Gasteiger partial charge in [-0.3, -0.25) is 0 Å². The topological polar surface area (TPSA) is 52.5 Å². The zero-order valence-electron chi connectivity index (χ0n) is 11.7. The minimum atomic E-state index is -4.37. The summed E-state index contributed by atoms with van der Waals surface area (Å²) >= 11 is 0. The van der Waals surface area contributed by atoms with Crippen molar-refractivity contribution < 1.29 is 23.4 Å². The van der Waals surface area contributed by atoms with Crippen LogP contribution in [0.5, 0.6) is 0 Å². The molecule has 1 aliphatic rings. The molecular formula is C15H20F3NO2. The van der Waals surface area contributed by atoms with E-state index in [-0.39, 0.29) is 18.7 Å². The Hall–Kier alpha value is -1.11. The first-order valence-electron chi connectivity index (χ1n) is 7.07. The Morgan fingerprint density at radius 1 is 1.14 bits per heavy atom. The molecule has 0 heterocycles. The van der Waals surface area contributed by atoms with Gasteiger partial charge in [-0.05, 0) is 30.5 Å². The standard InChI is InChI=1S/C15H20F3NO2/c16-15(17,18)12-5-3-11(4-6-12)13(21)9-19-14(10-20)7-1-2-8-14/h3-6,13,19-21H,1-2,7-10H2. The van der Waals surface area contributed by atoms with E-state index in [1.54, 1.807) is 0 Å². The van der Waals surface area contributed by atoms with Gasteiger partial charge in [-0.1, -0.05) is 25.0 Å². The van der Waals surface area contributed by atoms with Crippen LogP contribution in [0.25, 0.3) is 0 Å². The largest absolute Gasteiger partial charge is 0.416 e. The van der Waals surface area contributed by atoms with E-state index >= 15 is 0 Å². The molecule has 0 saturated heterocycles. The van der Waals surface area contributed by atoms with Crippen molar-refractivity contribution in [2.75, 3.05) is 13.2 Å². The monoisotopic (exact) mass is 303 g/mol. The molecule has 2 rings (SSSR count). The van der Waals surface area contributed by atoms with Crippen LogP contribution in [0.3, 0.4) is 0 Å². The Morgan fingerprint density at radius 3 is 2.19 bits per heavy atom. The van der Waals surface area contributed by atoms with Gasteiger partial charge < -0.3 is 15.5 Å². The number of hydrogen-bond acceptors (Lipinski definition) is 3. The van der Waals surface area contributed by atoms with E-state index in [2.05, 4.69) is 5.32 Å². The molecule has 3 nitrogen and oxygen atoms in total. The maximum absolute atomic E-state index is 12.5. The molecule has 118 valence electrons. The van der Waals surface area contributed by atoms with Gasteiger partial charge in [0.15, 0.2) is 0 Å². The second-order valence-corrected chi connectivity index (χ2v) is 5.66. The molecule has 1 aliphatic carbocycles. The van der Waals surface area contributed by atoms with E-state index < -0.39 is 17.8 Å². The maximum atomic E-state index is 12.5. The average Bonchev–Trinajstić information content (AvgIpc) is 2.93. The average molecular weight is 303 g/mol. The van der Waals surface area contributed by atoms with Crippen LogP contribution < -0.4 is 5.32 Å². The summed E-state index contributed by atoms with van der Waals surface area (Å²) in [6.07, 6.45) is -1.50. The lowest BCUT2D eigenvalue weighted by atomic mass is 9.98. The van der Waals surface area contributed by atoms with Crippen LogP contribution in [-0.2, 0) is 6.18 Å². The van der Waals surface area contributed by atoms with E-state index in [0.29, 0.717) is 5.56 Å². The number of aliphatic hydroxyl groups is 2. The van der Waals surface area contributed by atoms with Gasteiger partial charge in [-0.15, -0.1) is 0 Å². The number of nitrogens with one attached hydrogen (secondary N) is 1. The highest BCUT2D eigenvalue weighted by atomic mass is 19.4. The summed E-state index contributed by atoms with van der Waals surface area (Å²) in [6.45, 7) is 0.221. The summed E-state index contributed by atoms with van der Waals surface area (Å²) in [5, 5.41) is 22.7. The van der Waals surface area contributed by atoms with Crippen LogP contribution in [-0.4, -0.2) is 28.9 Å². The fourth-order valence-corrected chi connectivity index (χ4v) is 2.77. The Labute approximate surface area is 121 Å². The highest BCUT2D eigenvalue weighted by Gasteiger charge is 2.33. The van der Waals surface area contributed by atoms with Crippen molar-refractivity contribution in [2.24, 2.45) is 0 Å². The fourth-order valence-electron chi connectivity index (χ4n) is 2.77. The first-order chi connectivity index (χ1) is 9.86. The molecule has 0 aliphatic heterocycles. The Bertz CT molecular complexity index is 453. The van der Waals surface area contributed by atoms with Crippen molar-refractivity contribution >= 4 is 0 Å². The molecule has 0 spiro atoms. The third kappa shape index (κ3) is 3.96. The summed E-state index contributed by atoms with van der Waals surface area (Å²) in [6, 6.07) is 4.51. The molecule has 0 bridgehead atoms. The predicted octanol–water partition coefficient (Wildman–Crippen LogP) is 2.63. The van der Waals surface area contributed by atoms with Gasteiger partial charge in [0.1, 0.15) is 0 Å². The predicted molar refractivity (Wildman–Crippen MR) is 72.7 cm³/mol. The van der Waals surface area contributed by atoms with Crippen LogP contribution in [0, 0.1) is 0 Å². The van der Waals surface area contributed by atoms with E-state index in [9.17, 15) is 23.4 Å². The maximum Gasteiger partial charge on any atom is 0.416 e. The number of β-amino-alcohol motifs (C(OH)–C–C–N with tert-alkyl or cyclic N) is 1. The summed E-state index contributed by atoms with van der Waals surface area (Å²) in [4.78, 5) is 0. The Morgan fingerprint density at radius 2 is 1.71 bits per heavy atom. The van der Waals surface area contributed by atoms with Crippen LogP contribution in [0.1, 0.15) is 42.9 Å². The van der Waals surface area contributed by atoms with E-state index in [1.807, 2.05) is 0 Å². The van der Waals surface area contributed by atoms with Crippen molar-refractivity contribution in [3.05, 3.63) is 35.4 Å². The Balaban J connectivity index is 1.95. The SMILES string of the molecule is OCC1(NCC(O)c2ccc(C(F)(F)F)cc2)CCCC1. The lowest BCUT2D eigenvalue weighted by Crippen LogP contribution is -2.47. The zero-order chi connectivity index (χ0) is 15.5. The first kappa shape index (κ1) is 16.3. The molecule has 1 aromatic rings. The van der Waals surface area contributed by atoms with Crippen molar-refractivity contribution in [1.29, 1.82) is 0 Å². The molecular weight excluding hydrogens is 283 g/mol. The molecule has 1 saturated carbocycles. The van der Waals surface area contributed by atoms with Crippen LogP contribution in [0.2, 0.25) is 0 Å². The summed E-state index contributed by atoms with van der Waals surface area (Å²) < 4.78 is 37.4. The van der Waals surface area contributed by atoms with Crippen molar-refractivity contribution in [2.45, 2.75) is 43.5 Å². The molecule has 1 aromatic carbocycles. The number of benzene rings is 1. The van der Waals surface area contributed by atoms with Gasteiger partial charge in [0.25, 0.3) is 0 Å². The molecule has 1 atom stereocenters. The molecule has 1 fully saturated rings. The molecule has 6 heteroatoms. The third-order valence-corrected chi connectivity index (χ3v) is 4.16. The second kappa shape index (κ2) is 6.34. The van der Waals surface area contributed by atoms with Crippen molar-refractivity contribution in [3.63, 3.8) is 0 Å². The molecule has 3 N–H and O–H groups in total. The van der Waals surface area contributed by atoms with Crippen LogP contribution in [0.15, 0.2) is 24.3 Å². The first-order valence-corrected chi connectivity index (χ1v) is 7.07. The minimum Gasteiger partial charge on any atom is -0.394 e. The molecule has 21 heavy (non-hydrogen) atoms. The van der Waals surface area contributed by atoms with Crippen LogP contribution in [0.4, 0.5) is 13.2 Å². The number of aliphatic hydroxyl groups excluding tert-OH is 2. The highest BCUT2D eigenvalue weighted by Crippen LogP contribution is 2.31. The van der Waals surface area contributed by atoms with Crippen molar-refractivity contribution in [3.8, 4) is 0 Å². The van der Waals surface area contributed by atoms with Crippen LogP contribution >= 0.6 is 0 Å². The lowest BCUT2D eigenvalue weighted by molar-refractivity contribution is -0.137. The Kier molecular flexibility index (Phi) is 4.91. The van der Waals surface area contributed by atoms with Gasteiger partial charge >= 0.3 is 6.18 Å². The number of rotatable bonds is 5. The number of halogens is 3. The number of alkyl halides is 3. The number of hydrogen-bond donors (Lipinski definition) is 3. The molecule has 0 aromatic heterocycles. The highest BCUT2D eigenvalue weighted by molar-refractivity contribution is 5.26. The molecule has 0 amide bonds. The molecule has 1 unspecified atom stereocenters. The van der Waals surface area contributed by atoms with Gasteiger partial charge in [-0.25, -0.2) is 0 Å². The van der Waals surface area contributed by atoms with Gasteiger partial charge in [0, 0.05) is 12.1 Å². The zero-order valence-corrected chi connectivity index (χ0v) is 11.7. The summed E-state index contributed by atoms with van der Waals surface area (Å²) in [5.41, 5.74) is -0.650. The summed E-state index contributed by atoms with van der Waals surface area (Å²) in [5.74, 6) is 0.